The van der Waals surface area contributed by atoms with Gasteiger partial charge in [0.1, 0.15) is 0 Å². The summed E-state index contributed by atoms with van der Waals surface area (Å²) in [5.74, 6) is 2.17. The molecular formula is C18H16N2O3S. The van der Waals surface area contributed by atoms with Gasteiger partial charge >= 0.3 is 0 Å². The number of amides is 1. The summed E-state index contributed by atoms with van der Waals surface area (Å²) in [4.78, 5) is 12.4. The maximum atomic E-state index is 12.2. The maximum Gasteiger partial charge on any atom is 0.255 e. The number of sulfonamides is 1. The summed E-state index contributed by atoms with van der Waals surface area (Å²) in [5.41, 5.74) is 1.62. The number of terminal acetylenes is 1. The standard InChI is InChI=1S/C18H16N2O3S/c1-2-13-4-3-5-16(12-13)19-18(21)14-6-10-17(11-7-14)24(22,23)20-15-8-9-15/h1,3-7,10-12,15,20H,8-9H2,(H,19,21). The van der Waals surface area contributed by atoms with Crippen molar-refractivity contribution in [2.75, 3.05) is 5.32 Å². The molecule has 5 nitrogen and oxygen atoms in total. The van der Waals surface area contributed by atoms with Crippen LogP contribution in [0.5, 0.6) is 0 Å². The van der Waals surface area contributed by atoms with Crippen molar-refractivity contribution in [2.45, 2.75) is 23.8 Å². The molecule has 122 valence electrons. The molecule has 1 aliphatic rings. The predicted molar refractivity (Wildman–Crippen MR) is 92.1 cm³/mol. The molecule has 1 fully saturated rings. The van der Waals surface area contributed by atoms with Crippen LogP contribution in [0.4, 0.5) is 5.69 Å². The highest BCUT2D eigenvalue weighted by Crippen LogP contribution is 2.22. The van der Waals surface area contributed by atoms with Gasteiger partial charge in [0.2, 0.25) is 10.0 Å². The summed E-state index contributed by atoms with van der Waals surface area (Å²) < 4.78 is 26.8. The van der Waals surface area contributed by atoms with E-state index >= 15 is 0 Å². The molecule has 0 bridgehead atoms. The molecule has 0 spiro atoms. The van der Waals surface area contributed by atoms with Crippen molar-refractivity contribution in [3.05, 3.63) is 59.7 Å². The van der Waals surface area contributed by atoms with Crippen LogP contribution in [0.1, 0.15) is 28.8 Å². The average Bonchev–Trinajstić information content (AvgIpc) is 3.38. The Balaban J connectivity index is 1.72. The van der Waals surface area contributed by atoms with E-state index in [1.165, 1.54) is 24.3 Å². The second-order valence-corrected chi connectivity index (χ2v) is 7.31. The van der Waals surface area contributed by atoms with E-state index in [4.69, 9.17) is 6.42 Å². The lowest BCUT2D eigenvalue weighted by Crippen LogP contribution is -2.25. The first-order valence-electron chi connectivity index (χ1n) is 7.48. The molecule has 0 aliphatic heterocycles. The van der Waals surface area contributed by atoms with Gasteiger partial charge in [-0.15, -0.1) is 6.42 Å². The van der Waals surface area contributed by atoms with E-state index in [0.717, 1.165) is 12.8 Å². The first-order chi connectivity index (χ1) is 11.5. The van der Waals surface area contributed by atoms with E-state index in [9.17, 15) is 13.2 Å². The zero-order valence-corrected chi connectivity index (χ0v) is 13.6. The summed E-state index contributed by atoms with van der Waals surface area (Å²) in [5, 5.41) is 2.73. The number of rotatable bonds is 5. The predicted octanol–water partition coefficient (Wildman–Crippen LogP) is 2.36. The largest absolute Gasteiger partial charge is 0.322 e. The molecule has 0 atom stereocenters. The Hall–Kier alpha value is -2.62. The van der Waals surface area contributed by atoms with Crippen LogP contribution in [-0.2, 0) is 10.0 Å². The van der Waals surface area contributed by atoms with Crippen molar-refractivity contribution in [2.24, 2.45) is 0 Å². The van der Waals surface area contributed by atoms with E-state index < -0.39 is 10.0 Å². The summed E-state index contributed by atoms with van der Waals surface area (Å²) in [7, 11) is -3.51. The fourth-order valence-electron chi connectivity index (χ4n) is 2.16. The van der Waals surface area contributed by atoms with Gasteiger partial charge in [0.05, 0.1) is 4.90 Å². The molecule has 1 aliphatic carbocycles. The number of carbonyl (C=O) groups excluding carboxylic acids is 1. The SMILES string of the molecule is C#Cc1cccc(NC(=O)c2ccc(S(=O)(=O)NC3CC3)cc2)c1. The Kier molecular flexibility index (Phi) is 4.38. The first kappa shape index (κ1) is 16.2. The molecule has 0 radical (unpaired) electrons. The Bertz CT molecular complexity index is 908. The van der Waals surface area contributed by atoms with Crippen LogP contribution in [-0.4, -0.2) is 20.4 Å². The number of anilines is 1. The third-order valence-corrected chi connectivity index (χ3v) is 5.15. The molecular weight excluding hydrogens is 324 g/mol. The van der Waals surface area contributed by atoms with Crippen LogP contribution in [0.25, 0.3) is 0 Å². The molecule has 2 N–H and O–H groups in total. The fourth-order valence-corrected chi connectivity index (χ4v) is 3.47. The van der Waals surface area contributed by atoms with Gasteiger partial charge in [0.15, 0.2) is 0 Å². The number of hydrogen-bond donors (Lipinski definition) is 2. The van der Waals surface area contributed by atoms with E-state index in [0.29, 0.717) is 16.8 Å². The lowest BCUT2D eigenvalue weighted by Gasteiger charge is -2.08. The van der Waals surface area contributed by atoms with Gasteiger partial charge < -0.3 is 5.32 Å². The van der Waals surface area contributed by atoms with Crippen molar-refractivity contribution in [1.82, 2.24) is 4.72 Å². The molecule has 0 unspecified atom stereocenters. The monoisotopic (exact) mass is 340 g/mol. The van der Waals surface area contributed by atoms with Crippen molar-refractivity contribution < 1.29 is 13.2 Å². The van der Waals surface area contributed by atoms with Gasteiger partial charge in [-0.2, -0.15) is 0 Å². The molecule has 6 heteroatoms. The van der Waals surface area contributed by atoms with Crippen LogP contribution >= 0.6 is 0 Å². The molecule has 0 saturated heterocycles. The Morgan fingerprint density at radius 2 is 1.83 bits per heavy atom. The summed E-state index contributed by atoms with van der Waals surface area (Å²) >= 11 is 0. The lowest BCUT2D eigenvalue weighted by atomic mass is 10.2. The molecule has 1 saturated carbocycles. The van der Waals surface area contributed by atoms with Crippen molar-refractivity contribution in [3.8, 4) is 12.3 Å². The highest BCUT2D eigenvalue weighted by atomic mass is 32.2. The normalized spacial score (nSPS) is 14.0. The smallest absolute Gasteiger partial charge is 0.255 e. The molecule has 0 aromatic heterocycles. The van der Waals surface area contributed by atoms with Crippen LogP contribution in [0.2, 0.25) is 0 Å². The van der Waals surface area contributed by atoms with Crippen LogP contribution < -0.4 is 10.0 Å². The second-order valence-electron chi connectivity index (χ2n) is 5.60. The van der Waals surface area contributed by atoms with E-state index in [-0.39, 0.29) is 16.8 Å². The van der Waals surface area contributed by atoms with Crippen LogP contribution in [0.15, 0.2) is 53.4 Å². The van der Waals surface area contributed by atoms with Crippen molar-refractivity contribution in [3.63, 3.8) is 0 Å². The minimum Gasteiger partial charge on any atom is -0.322 e. The highest BCUT2D eigenvalue weighted by Gasteiger charge is 2.27. The molecule has 3 rings (SSSR count). The third-order valence-electron chi connectivity index (χ3n) is 3.61. The van der Waals surface area contributed by atoms with Crippen molar-refractivity contribution >= 4 is 21.6 Å². The van der Waals surface area contributed by atoms with E-state index in [1.807, 2.05) is 0 Å². The minimum atomic E-state index is -3.51. The lowest BCUT2D eigenvalue weighted by molar-refractivity contribution is 0.102. The van der Waals surface area contributed by atoms with Crippen LogP contribution in [0.3, 0.4) is 0 Å². The first-order valence-corrected chi connectivity index (χ1v) is 8.97. The maximum absolute atomic E-state index is 12.2. The molecule has 24 heavy (non-hydrogen) atoms. The van der Waals surface area contributed by atoms with E-state index in [2.05, 4.69) is 16.0 Å². The van der Waals surface area contributed by atoms with Gasteiger partial charge in [-0.1, -0.05) is 12.0 Å². The number of benzene rings is 2. The van der Waals surface area contributed by atoms with Gasteiger partial charge in [-0.3, -0.25) is 4.79 Å². The topological polar surface area (TPSA) is 75.3 Å². The Morgan fingerprint density at radius 3 is 2.46 bits per heavy atom. The number of hydrogen-bond acceptors (Lipinski definition) is 3. The molecule has 2 aromatic rings. The molecule has 0 heterocycles. The fraction of sp³-hybridized carbons (Fsp3) is 0.167. The molecule has 1 amide bonds. The van der Waals surface area contributed by atoms with Gasteiger partial charge in [-0.25, -0.2) is 13.1 Å². The summed E-state index contributed by atoms with van der Waals surface area (Å²) in [6.07, 6.45) is 7.07. The number of carbonyl (C=O) groups is 1. The average molecular weight is 340 g/mol. The van der Waals surface area contributed by atoms with Gasteiger partial charge in [0.25, 0.3) is 5.91 Å². The zero-order valence-electron chi connectivity index (χ0n) is 12.8. The Labute approximate surface area is 141 Å². The third kappa shape index (κ3) is 3.82. The van der Waals surface area contributed by atoms with Crippen LogP contribution in [0, 0.1) is 12.3 Å². The molecule has 2 aromatic carbocycles. The zero-order chi connectivity index (χ0) is 17.2. The van der Waals surface area contributed by atoms with E-state index in [1.54, 1.807) is 24.3 Å². The minimum absolute atomic E-state index is 0.0430. The summed E-state index contributed by atoms with van der Waals surface area (Å²) in [6, 6.07) is 12.8. The second kappa shape index (κ2) is 6.48. The Morgan fingerprint density at radius 1 is 1.12 bits per heavy atom. The number of nitrogens with one attached hydrogen (secondary N) is 2. The quantitative estimate of drug-likeness (QED) is 0.821. The van der Waals surface area contributed by atoms with Gasteiger partial charge in [0, 0.05) is 22.9 Å². The van der Waals surface area contributed by atoms with Gasteiger partial charge in [-0.05, 0) is 55.3 Å². The highest BCUT2D eigenvalue weighted by molar-refractivity contribution is 7.89. The summed E-state index contributed by atoms with van der Waals surface area (Å²) in [6.45, 7) is 0. The van der Waals surface area contributed by atoms with Crippen molar-refractivity contribution in [1.29, 1.82) is 0 Å².